The number of carbonyl (C=O) groups is 2. The van der Waals surface area contributed by atoms with E-state index in [1.807, 2.05) is 6.92 Å². The summed E-state index contributed by atoms with van der Waals surface area (Å²) in [5.74, 6) is 5.08. The van der Waals surface area contributed by atoms with E-state index in [-0.39, 0.29) is 23.7 Å². The van der Waals surface area contributed by atoms with Crippen molar-refractivity contribution in [2.45, 2.75) is 19.8 Å². The van der Waals surface area contributed by atoms with Crippen LogP contribution in [-0.2, 0) is 9.59 Å². The minimum absolute atomic E-state index is 0.114. The molecule has 1 unspecified atom stereocenters. The number of likely N-dealkylation sites (tertiary alicyclic amines) is 1. The summed E-state index contributed by atoms with van der Waals surface area (Å²) in [6.45, 7) is 4.27. The average molecular weight is 242 g/mol. The van der Waals surface area contributed by atoms with E-state index in [1.54, 1.807) is 7.05 Å². The van der Waals surface area contributed by atoms with Gasteiger partial charge in [-0.25, -0.2) is 5.84 Å². The summed E-state index contributed by atoms with van der Waals surface area (Å²) in [5, 5.41) is 2.68. The first kappa shape index (κ1) is 13.9. The summed E-state index contributed by atoms with van der Waals surface area (Å²) >= 11 is 0. The second-order valence-electron chi connectivity index (χ2n) is 4.60. The molecule has 0 saturated carbocycles. The average Bonchev–Trinajstić information content (AvgIpc) is 2.37. The monoisotopic (exact) mass is 242 g/mol. The fourth-order valence-electron chi connectivity index (χ4n) is 2.19. The molecular formula is C11H22N4O2. The van der Waals surface area contributed by atoms with Gasteiger partial charge < -0.3 is 10.2 Å². The van der Waals surface area contributed by atoms with E-state index in [0.29, 0.717) is 6.54 Å². The number of piperidine rings is 1. The third-order valence-corrected chi connectivity index (χ3v) is 3.33. The highest BCUT2D eigenvalue weighted by Crippen LogP contribution is 2.18. The third-order valence-electron chi connectivity index (χ3n) is 3.33. The minimum Gasteiger partial charge on any atom is -0.359 e. The van der Waals surface area contributed by atoms with E-state index in [4.69, 9.17) is 5.84 Å². The molecule has 0 spiro atoms. The standard InChI is InChI=1S/C11H22N4O2/c1-8(10(16)14-12)7-15-5-3-9(4-6-15)11(17)13-2/h8-9H,3-7,12H2,1-2H3,(H,13,17)(H,14,16). The number of hydrogen-bond donors (Lipinski definition) is 3. The molecule has 1 aliphatic rings. The fourth-order valence-corrected chi connectivity index (χ4v) is 2.19. The Hall–Kier alpha value is -1.14. The maximum absolute atomic E-state index is 11.4. The van der Waals surface area contributed by atoms with Crippen molar-refractivity contribution in [3.63, 3.8) is 0 Å². The highest BCUT2D eigenvalue weighted by molar-refractivity contribution is 5.78. The van der Waals surface area contributed by atoms with Crippen molar-refractivity contribution in [2.75, 3.05) is 26.7 Å². The van der Waals surface area contributed by atoms with Crippen LogP contribution in [-0.4, -0.2) is 43.4 Å². The second-order valence-corrected chi connectivity index (χ2v) is 4.60. The van der Waals surface area contributed by atoms with Crippen LogP contribution >= 0.6 is 0 Å². The molecule has 1 atom stereocenters. The van der Waals surface area contributed by atoms with Gasteiger partial charge in [-0.15, -0.1) is 0 Å². The summed E-state index contributed by atoms with van der Waals surface area (Å²) in [7, 11) is 1.67. The topological polar surface area (TPSA) is 87.5 Å². The first-order valence-corrected chi connectivity index (χ1v) is 6.03. The van der Waals surface area contributed by atoms with Crippen LogP contribution in [0.25, 0.3) is 0 Å². The summed E-state index contributed by atoms with van der Waals surface area (Å²) in [5.41, 5.74) is 2.16. The van der Waals surface area contributed by atoms with E-state index in [0.717, 1.165) is 25.9 Å². The van der Waals surface area contributed by atoms with Gasteiger partial charge in [0.1, 0.15) is 0 Å². The van der Waals surface area contributed by atoms with Crippen LogP contribution in [0.15, 0.2) is 0 Å². The number of nitrogens with two attached hydrogens (primary N) is 1. The normalized spacial score (nSPS) is 19.7. The number of amides is 2. The number of nitrogens with zero attached hydrogens (tertiary/aromatic N) is 1. The molecule has 4 N–H and O–H groups in total. The molecule has 0 aromatic rings. The van der Waals surface area contributed by atoms with Crippen LogP contribution in [0.3, 0.4) is 0 Å². The molecule has 1 heterocycles. The van der Waals surface area contributed by atoms with Crippen LogP contribution in [0.4, 0.5) is 0 Å². The lowest BCUT2D eigenvalue weighted by Gasteiger charge is -2.32. The van der Waals surface area contributed by atoms with Gasteiger partial charge in [0, 0.05) is 25.4 Å². The number of carbonyl (C=O) groups excluding carboxylic acids is 2. The van der Waals surface area contributed by atoms with E-state index in [1.165, 1.54) is 0 Å². The van der Waals surface area contributed by atoms with Crippen LogP contribution in [0.5, 0.6) is 0 Å². The van der Waals surface area contributed by atoms with Gasteiger partial charge in [0.05, 0.1) is 0 Å². The van der Waals surface area contributed by atoms with Crippen LogP contribution in [0.2, 0.25) is 0 Å². The van der Waals surface area contributed by atoms with Crippen molar-refractivity contribution in [1.82, 2.24) is 15.6 Å². The van der Waals surface area contributed by atoms with Gasteiger partial charge in [-0.3, -0.25) is 15.0 Å². The predicted octanol–water partition coefficient (Wildman–Crippen LogP) is -0.930. The lowest BCUT2D eigenvalue weighted by Crippen LogP contribution is -2.44. The molecule has 1 fully saturated rings. The molecule has 6 heteroatoms. The number of hydrazine groups is 1. The summed E-state index contributed by atoms with van der Waals surface area (Å²) in [6, 6.07) is 0. The zero-order valence-corrected chi connectivity index (χ0v) is 10.5. The minimum atomic E-state index is -0.140. The second kappa shape index (κ2) is 6.56. The maximum Gasteiger partial charge on any atom is 0.237 e. The van der Waals surface area contributed by atoms with Gasteiger partial charge in [0.25, 0.3) is 0 Å². The Morgan fingerprint density at radius 2 is 2.00 bits per heavy atom. The Morgan fingerprint density at radius 3 is 2.47 bits per heavy atom. The number of hydrogen-bond acceptors (Lipinski definition) is 4. The Labute approximate surface area is 102 Å². The van der Waals surface area contributed by atoms with Crippen molar-refractivity contribution >= 4 is 11.8 Å². The molecule has 1 saturated heterocycles. The van der Waals surface area contributed by atoms with E-state index in [2.05, 4.69) is 15.6 Å². The van der Waals surface area contributed by atoms with Crippen LogP contribution < -0.4 is 16.6 Å². The van der Waals surface area contributed by atoms with Crippen molar-refractivity contribution in [1.29, 1.82) is 0 Å². The largest absolute Gasteiger partial charge is 0.359 e. The molecule has 1 aliphatic heterocycles. The quantitative estimate of drug-likeness (QED) is 0.338. The molecule has 0 aromatic carbocycles. The van der Waals surface area contributed by atoms with Gasteiger partial charge in [0.2, 0.25) is 11.8 Å². The Morgan fingerprint density at radius 1 is 1.41 bits per heavy atom. The predicted molar refractivity (Wildman–Crippen MR) is 64.7 cm³/mol. The van der Waals surface area contributed by atoms with Gasteiger partial charge >= 0.3 is 0 Å². The molecule has 17 heavy (non-hydrogen) atoms. The Kier molecular flexibility index (Phi) is 5.37. The molecule has 98 valence electrons. The van der Waals surface area contributed by atoms with Crippen LogP contribution in [0.1, 0.15) is 19.8 Å². The van der Waals surface area contributed by atoms with Gasteiger partial charge in [-0.05, 0) is 25.9 Å². The summed E-state index contributed by atoms with van der Waals surface area (Å²) < 4.78 is 0. The first-order valence-electron chi connectivity index (χ1n) is 6.03. The summed E-state index contributed by atoms with van der Waals surface area (Å²) in [4.78, 5) is 24.9. The van der Waals surface area contributed by atoms with Crippen molar-refractivity contribution < 1.29 is 9.59 Å². The fraction of sp³-hybridized carbons (Fsp3) is 0.818. The smallest absolute Gasteiger partial charge is 0.237 e. The zero-order valence-electron chi connectivity index (χ0n) is 10.5. The molecule has 0 aliphatic carbocycles. The molecule has 2 amide bonds. The number of nitrogens with one attached hydrogen (secondary N) is 2. The lowest BCUT2D eigenvalue weighted by atomic mass is 9.95. The molecule has 1 rings (SSSR count). The van der Waals surface area contributed by atoms with E-state index < -0.39 is 0 Å². The maximum atomic E-state index is 11.4. The van der Waals surface area contributed by atoms with Crippen molar-refractivity contribution in [2.24, 2.45) is 17.7 Å². The molecule has 0 aromatic heterocycles. The van der Waals surface area contributed by atoms with E-state index >= 15 is 0 Å². The first-order chi connectivity index (χ1) is 8.08. The van der Waals surface area contributed by atoms with Gasteiger partial charge in [-0.2, -0.15) is 0 Å². The molecule has 6 nitrogen and oxygen atoms in total. The van der Waals surface area contributed by atoms with Gasteiger partial charge in [0.15, 0.2) is 0 Å². The van der Waals surface area contributed by atoms with E-state index in [9.17, 15) is 9.59 Å². The summed E-state index contributed by atoms with van der Waals surface area (Å²) in [6.07, 6.45) is 1.72. The Balaban J connectivity index is 2.32. The molecular weight excluding hydrogens is 220 g/mol. The SMILES string of the molecule is CNC(=O)C1CCN(CC(C)C(=O)NN)CC1. The zero-order chi connectivity index (χ0) is 12.8. The van der Waals surface area contributed by atoms with Crippen molar-refractivity contribution in [3.8, 4) is 0 Å². The van der Waals surface area contributed by atoms with Gasteiger partial charge in [-0.1, -0.05) is 6.92 Å². The highest BCUT2D eigenvalue weighted by Gasteiger charge is 2.25. The Bertz CT molecular complexity index is 275. The number of rotatable bonds is 4. The van der Waals surface area contributed by atoms with Crippen molar-refractivity contribution in [3.05, 3.63) is 0 Å². The molecule has 0 radical (unpaired) electrons. The third kappa shape index (κ3) is 3.98. The lowest BCUT2D eigenvalue weighted by molar-refractivity contribution is -0.127. The van der Waals surface area contributed by atoms with Crippen LogP contribution in [0, 0.1) is 11.8 Å². The molecule has 0 bridgehead atoms. The highest BCUT2D eigenvalue weighted by atomic mass is 16.2.